The molecule has 2 aliphatic rings. The Hall–Kier alpha value is -2.28. The summed E-state index contributed by atoms with van der Waals surface area (Å²) in [6.45, 7) is 2.65. The van der Waals surface area contributed by atoms with Crippen molar-refractivity contribution in [3.63, 3.8) is 0 Å². The van der Waals surface area contributed by atoms with Gasteiger partial charge in [-0.15, -0.1) is 0 Å². The molecule has 2 aliphatic heterocycles. The fraction of sp³-hybridized carbons (Fsp3) is 0.579. The molecule has 3 amide bonds. The maximum Gasteiger partial charge on any atom is 0.318 e. The smallest absolute Gasteiger partial charge is 0.318 e. The number of nitrogens with one attached hydrogen (secondary N) is 1. The van der Waals surface area contributed by atoms with Crippen molar-refractivity contribution in [2.24, 2.45) is 5.73 Å². The van der Waals surface area contributed by atoms with Gasteiger partial charge in [0.1, 0.15) is 5.75 Å². The van der Waals surface area contributed by atoms with Crippen molar-refractivity contribution in [1.82, 2.24) is 15.1 Å². The van der Waals surface area contributed by atoms with Crippen LogP contribution in [0.3, 0.4) is 0 Å². The monoisotopic (exact) mass is 360 g/mol. The first kappa shape index (κ1) is 18.5. The number of primary amides is 1. The summed E-state index contributed by atoms with van der Waals surface area (Å²) in [5, 5.41) is 3.18. The van der Waals surface area contributed by atoms with E-state index >= 15 is 0 Å². The van der Waals surface area contributed by atoms with Crippen LogP contribution in [0.25, 0.3) is 0 Å². The van der Waals surface area contributed by atoms with Crippen LogP contribution in [-0.4, -0.2) is 61.1 Å². The number of methoxy groups -OCH3 is 1. The van der Waals surface area contributed by atoms with Crippen LogP contribution in [0.15, 0.2) is 24.3 Å². The van der Waals surface area contributed by atoms with Gasteiger partial charge in [-0.2, -0.15) is 0 Å². The third-order valence-corrected chi connectivity index (χ3v) is 5.31. The van der Waals surface area contributed by atoms with E-state index in [1.54, 1.807) is 7.11 Å². The van der Waals surface area contributed by atoms with Crippen molar-refractivity contribution in [2.75, 3.05) is 33.3 Å². The number of urea groups is 1. The van der Waals surface area contributed by atoms with Gasteiger partial charge in [-0.05, 0) is 43.4 Å². The average Bonchev–Trinajstić information content (AvgIpc) is 3.13. The van der Waals surface area contributed by atoms with Gasteiger partial charge in [0.25, 0.3) is 0 Å². The Balaban J connectivity index is 1.54. The van der Waals surface area contributed by atoms with Gasteiger partial charge in [0.05, 0.1) is 19.7 Å². The summed E-state index contributed by atoms with van der Waals surface area (Å²) in [4.78, 5) is 27.8. The minimum Gasteiger partial charge on any atom is -0.497 e. The molecular formula is C19H28N4O3. The number of amides is 3. The van der Waals surface area contributed by atoms with Crippen LogP contribution in [0.5, 0.6) is 5.75 Å². The zero-order valence-corrected chi connectivity index (χ0v) is 15.3. The molecule has 0 radical (unpaired) electrons. The number of nitrogens with zero attached hydrogens (tertiary/aromatic N) is 2. The Morgan fingerprint density at radius 3 is 2.46 bits per heavy atom. The SMILES string of the molecule is COc1ccc([C@@H]2CCCN2C(=O)NC2CCN(CC(N)=O)CC2)cc1. The summed E-state index contributed by atoms with van der Waals surface area (Å²) in [7, 11) is 1.65. The Labute approximate surface area is 154 Å². The van der Waals surface area contributed by atoms with E-state index < -0.39 is 0 Å². The number of piperidine rings is 1. The number of likely N-dealkylation sites (tertiary alicyclic amines) is 2. The first-order valence-corrected chi connectivity index (χ1v) is 9.28. The standard InChI is InChI=1S/C19H28N4O3/c1-26-16-6-4-14(5-7-16)17-3-2-10-23(17)19(25)21-15-8-11-22(12-9-15)13-18(20)24/h4-7,15,17H,2-3,8-13H2,1H3,(H2,20,24)(H,21,25)/t17-/m0/s1. The van der Waals surface area contributed by atoms with E-state index in [1.807, 2.05) is 34.1 Å². The third-order valence-electron chi connectivity index (χ3n) is 5.31. The Kier molecular flexibility index (Phi) is 5.98. The van der Waals surface area contributed by atoms with Crippen LogP contribution in [0.1, 0.15) is 37.3 Å². The minimum atomic E-state index is -0.299. The molecular weight excluding hydrogens is 332 g/mol. The normalized spacial score (nSPS) is 21.6. The van der Waals surface area contributed by atoms with Crippen LogP contribution in [-0.2, 0) is 4.79 Å². The van der Waals surface area contributed by atoms with Gasteiger partial charge in [-0.25, -0.2) is 4.79 Å². The lowest BCUT2D eigenvalue weighted by molar-refractivity contribution is -0.119. The highest BCUT2D eigenvalue weighted by atomic mass is 16.5. The molecule has 0 aromatic heterocycles. The molecule has 3 rings (SSSR count). The lowest BCUT2D eigenvalue weighted by atomic mass is 10.0. The molecule has 0 spiro atoms. The lowest BCUT2D eigenvalue weighted by Crippen LogP contribution is -2.50. The molecule has 0 saturated carbocycles. The molecule has 7 nitrogen and oxygen atoms in total. The summed E-state index contributed by atoms with van der Waals surface area (Å²) in [6, 6.07) is 8.25. The first-order chi connectivity index (χ1) is 12.6. The van der Waals surface area contributed by atoms with Gasteiger partial charge in [0.15, 0.2) is 0 Å². The summed E-state index contributed by atoms with van der Waals surface area (Å²) in [5.41, 5.74) is 6.39. The second-order valence-corrected chi connectivity index (χ2v) is 7.09. The molecule has 2 heterocycles. The topological polar surface area (TPSA) is 87.9 Å². The summed E-state index contributed by atoms with van der Waals surface area (Å²) < 4.78 is 5.21. The van der Waals surface area contributed by atoms with Gasteiger partial charge < -0.3 is 20.7 Å². The van der Waals surface area contributed by atoms with E-state index in [-0.39, 0.29) is 24.0 Å². The van der Waals surface area contributed by atoms with E-state index in [4.69, 9.17) is 10.5 Å². The number of nitrogens with two attached hydrogens (primary N) is 1. The van der Waals surface area contributed by atoms with Crippen molar-refractivity contribution in [3.05, 3.63) is 29.8 Å². The van der Waals surface area contributed by atoms with E-state index in [1.165, 1.54) is 0 Å². The van der Waals surface area contributed by atoms with E-state index in [2.05, 4.69) is 5.32 Å². The van der Waals surface area contributed by atoms with Crippen molar-refractivity contribution in [1.29, 1.82) is 0 Å². The van der Waals surface area contributed by atoms with Crippen molar-refractivity contribution in [2.45, 2.75) is 37.8 Å². The fourth-order valence-corrected chi connectivity index (χ4v) is 3.90. The number of carbonyl (C=O) groups excluding carboxylic acids is 2. The van der Waals surface area contributed by atoms with Crippen LogP contribution in [0, 0.1) is 0 Å². The van der Waals surface area contributed by atoms with Crippen LogP contribution in [0.2, 0.25) is 0 Å². The summed E-state index contributed by atoms with van der Waals surface area (Å²) in [6.07, 6.45) is 3.69. The molecule has 0 bridgehead atoms. The number of benzene rings is 1. The van der Waals surface area contributed by atoms with Gasteiger partial charge >= 0.3 is 6.03 Å². The zero-order valence-electron chi connectivity index (χ0n) is 15.3. The van der Waals surface area contributed by atoms with Gasteiger partial charge in [0, 0.05) is 25.7 Å². The molecule has 142 valence electrons. The number of hydrogen-bond donors (Lipinski definition) is 2. The third kappa shape index (κ3) is 4.46. The Morgan fingerprint density at radius 2 is 1.85 bits per heavy atom. The molecule has 3 N–H and O–H groups in total. The highest BCUT2D eigenvalue weighted by Gasteiger charge is 2.31. The largest absolute Gasteiger partial charge is 0.497 e. The molecule has 26 heavy (non-hydrogen) atoms. The van der Waals surface area contributed by atoms with E-state index in [0.29, 0.717) is 6.54 Å². The molecule has 1 aromatic rings. The molecule has 0 aliphatic carbocycles. The summed E-state index contributed by atoms with van der Waals surface area (Å²) >= 11 is 0. The second-order valence-electron chi connectivity index (χ2n) is 7.09. The Bertz CT molecular complexity index is 626. The van der Waals surface area contributed by atoms with E-state index in [0.717, 1.165) is 56.6 Å². The number of rotatable bonds is 5. The maximum absolute atomic E-state index is 12.8. The number of ether oxygens (including phenoxy) is 1. The Morgan fingerprint density at radius 1 is 1.15 bits per heavy atom. The number of carbonyl (C=O) groups is 2. The van der Waals surface area contributed by atoms with Crippen molar-refractivity contribution >= 4 is 11.9 Å². The zero-order chi connectivity index (χ0) is 18.5. The fourth-order valence-electron chi connectivity index (χ4n) is 3.90. The molecule has 1 aromatic carbocycles. The van der Waals surface area contributed by atoms with Gasteiger partial charge in [-0.1, -0.05) is 12.1 Å². The van der Waals surface area contributed by atoms with E-state index in [9.17, 15) is 9.59 Å². The first-order valence-electron chi connectivity index (χ1n) is 9.28. The predicted octanol–water partition coefficient (Wildman–Crippen LogP) is 1.49. The average molecular weight is 360 g/mol. The predicted molar refractivity (Wildman–Crippen MR) is 98.9 cm³/mol. The highest BCUT2D eigenvalue weighted by molar-refractivity contribution is 5.76. The van der Waals surface area contributed by atoms with Crippen LogP contribution in [0.4, 0.5) is 4.79 Å². The molecule has 2 saturated heterocycles. The minimum absolute atomic E-state index is 0.0108. The van der Waals surface area contributed by atoms with Gasteiger partial charge in [0.2, 0.25) is 5.91 Å². The van der Waals surface area contributed by atoms with Crippen molar-refractivity contribution in [3.8, 4) is 5.75 Å². The second kappa shape index (κ2) is 8.40. The van der Waals surface area contributed by atoms with Gasteiger partial charge in [-0.3, -0.25) is 9.69 Å². The maximum atomic E-state index is 12.8. The quantitative estimate of drug-likeness (QED) is 0.833. The lowest BCUT2D eigenvalue weighted by Gasteiger charge is -2.33. The summed E-state index contributed by atoms with van der Waals surface area (Å²) in [5.74, 6) is 0.525. The molecule has 2 fully saturated rings. The van der Waals surface area contributed by atoms with Crippen molar-refractivity contribution < 1.29 is 14.3 Å². The van der Waals surface area contributed by atoms with Crippen LogP contribution < -0.4 is 15.8 Å². The highest BCUT2D eigenvalue weighted by Crippen LogP contribution is 2.32. The number of hydrogen-bond acceptors (Lipinski definition) is 4. The molecule has 0 unspecified atom stereocenters. The molecule has 1 atom stereocenters. The molecule has 7 heteroatoms. The van der Waals surface area contributed by atoms with Crippen LogP contribution >= 0.6 is 0 Å².